The van der Waals surface area contributed by atoms with Crippen LogP contribution in [0.1, 0.15) is 24.2 Å². The average molecular weight is 268 g/mol. The molecule has 0 spiro atoms. The Morgan fingerprint density at radius 1 is 1.42 bits per heavy atom. The van der Waals surface area contributed by atoms with Gasteiger partial charge in [-0.1, -0.05) is 13.8 Å². The number of anilines is 1. The van der Waals surface area contributed by atoms with Crippen molar-refractivity contribution in [3.63, 3.8) is 0 Å². The van der Waals surface area contributed by atoms with Gasteiger partial charge in [-0.05, 0) is 24.1 Å². The number of amides is 1. The second-order valence-corrected chi connectivity index (χ2v) is 4.58. The number of carboxylic acids is 1. The summed E-state index contributed by atoms with van der Waals surface area (Å²) in [5.41, 5.74) is 5.28. The van der Waals surface area contributed by atoms with Crippen molar-refractivity contribution in [3.8, 4) is 0 Å². The highest BCUT2D eigenvalue weighted by molar-refractivity contribution is 5.94. The van der Waals surface area contributed by atoms with Gasteiger partial charge in [-0.25, -0.2) is 9.18 Å². The van der Waals surface area contributed by atoms with Crippen molar-refractivity contribution < 1.29 is 19.1 Å². The van der Waals surface area contributed by atoms with Crippen LogP contribution in [0.3, 0.4) is 0 Å². The summed E-state index contributed by atoms with van der Waals surface area (Å²) in [6.07, 6.45) is 0. The van der Waals surface area contributed by atoms with Gasteiger partial charge in [0.1, 0.15) is 5.82 Å². The van der Waals surface area contributed by atoms with E-state index >= 15 is 0 Å². The Kier molecular flexibility index (Phi) is 5.00. The molecule has 1 rings (SSSR count). The van der Waals surface area contributed by atoms with Gasteiger partial charge in [-0.3, -0.25) is 4.79 Å². The van der Waals surface area contributed by atoms with Crippen LogP contribution in [-0.4, -0.2) is 23.5 Å². The third-order valence-corrected chi connectivity index (χ3v) is 2.87. The Hall–Kier alpha value is -1.95. The monoisotopic (exact) mass is 268 g/mol. The maximum Gasteiger partial charge on any atom is 0.335 e. The molecule has 19 heavy (non-hydrogen) atoms. The van der Waals surface area contributed by atoms with Crippen LogP contribution < -0.4 is 11.1 Å². The molecule has 0 aliphatic heterocycles. The molecule has 4 N–H and O–H groups in total. The predicted molar refractivity (Wildman–Crippen MR) is 69.4 cm³/mol. The van der Waals surface area contributed by atoms with Gasteiger partial charge in [-0.15, -0.1) is 0 Å². The smallest absolute Gasteiger partial charge is 0.335 e. The lowest BCUT2D eigenvalue weighted by Gasteiger charge is -2.18. The first-order chi connectivity index (χ1) is 8.86. The minimum absolute atomic E-state index is 0.0337. The van der Waals surface area contributed by atoms with Crippen molar-refractivity contribution >= 4 is 17.6 Å². The van der Waals surface area contributed by atoms with E-state index in [2.05, 4.69) is 5.32 Å². The maximum atomic E-state index is 13.6. The van der Waals surface area contributed by atoms with E-state index in [4.69, 9.17) is 10.8 Å². The van der Waals surface area contributed by atoms with Gasteiger partial charge in [0.25, 0.3) is 0 Å². The van der Waals surface area contributed by atoms with Crippen LogP contribution in [0.2, 0.25) is 0 Å². The van der Waals surface area contributed by atoms with Crippen molar-refractivity contribution in [2.45, 2.75) is 13.8 Å². The summed E-state index contributed by atoms with van der Waals surface area (Å²) in [5.74, 6) is -2.77. The zero-order valence-corrected chi connectivity index (χ0v) is 10.8. The van der Waals surface area contributed by atoms with Crippen LogP contribution in [0.5, 0.6) is 0 Å². The Balaban J connectivity index is 2.88. The molecule has 5 nitrogen and oxygen atoms in total. The van der Waals surface area contributed by atoms with Crippen LogP contribution in [0.4, 0.5) is 10.1 Å². The van der Waals surface area contributed by atoms with E-state index in [1.807, 2.05) is 13.8 Å². The Morgan fingerprint density at radius 3 is 2.47 bits per heavy atom. The van der Waals surface area contributed by atoms with E-state index in [0.29, 0.717) is 0 Å². The molecule has 0 aromatic heterocycles. The first-order valence-electron chi connectivity index (χ1n) is 5.90. The minimum atomic E-state index is -1.22. The lowest BCUT2D eigenvalue weighted by molar-refractivity contribution is -0.120. The molecule has 0 heterocycles. The van der Waals surface area contributed by atoms with Crippen LogP contribution in [0.15, 0.2) is 18.2 Å². The fourth-order valence-corrected chi connectivity index (χ4v) is 1.66. The molecule has 104 valence electrons. The number of carbonyl (C=O) groups excluding carboxylic acids is 1. The summed E-state index contributed by atoms with van der Waals surface area (Å²) in [6, 6.07) is 3.32. The number of nitrogens with two attached hydrogens (primary N) is 1. The third kappa shape index (κ3) is 3.75. The predicted octanol–water partition coefficient (Wildman–Crippen LogP) is 1.69. The van der Waals surface area contributed by atoms with Crippen molar-refractivity contribution in [1.82, 2.24) is 0 Å². The minimum Gasteiger partial charge on any atom is -0.478 e. The van der Waals surface area contributed by atoms with Gasteiger partial charge < -0.3 is 16.2 Å². The normalized spacial score (nSPS) is 12.3. The average Bonchev–Trinajstić information content (AvgIpc) is 2.31. The van der Waals surface area contributed by atoms with Gasteiger partial charge in [0.2, 0.25) is 5.91 Å². The molecule has 1 atom stereocenters. The Labute approximate surface area is 110 Å². The van der Waals surface area contributed by atoms with E-state index in [1.54, 1.807) is 0 Å². The number of hydrogen-bond acceptors (Lipinski definition) is 3. The third-order valence-electron chi connectivity index (χ3n) is 2.87. The zero-order chi connectivity index (χ0) is 14.6. The second-order valence-electron chi connectivity index (χ2n) is 4.58. The van der Waals surface area contributed by atoms with Crippen molar-refractivity contribution in [3.05, 3.63) is 29.6 Å². The van der Waals surface area contributed by atoms with E-state index in [0.717, 1.165) is 6.07 Å². The molecule has 1 aromatic carbocycles. The highest BCUT2D eigenvalue weighted by Gasteiger charge is 2.21. The first kappa shape index (κ1) is 15.1. The number of nitrogens with one attached hydrogen (secondary N) is 1. The van der Waals surface area contributed by atoms with Gasteiger partial charge in [0.15, 0.2) is 0 Å². The number of rotatable bonds is 5. The standard InChI is InChI=1S/C13H17FN2O3/c1-7(2)9(6-15)12(17)16-11-4-3-8(13(18)19)5-10(11)14/h3-5,7,9H,6,15H2,1-2H3,(H,16,17)(H,18,19). The lowest BCUT2D eigenvalue weighted by Crippen LogP contribution is -2.33. The van der Waals surface area contributed by atoms with Crippen molar-refractivity contribution in [2.75, 3.05) is 11.9 Å². The topological polar surface area (TPSA) is 92.4 Å². The molecule has 0 fully saturated rings. The molecule has 6 heteroatoms. The molecule has 1 unspecified atom stereocenters. The Morgan fingerprint density at radius 2 is 2.05 bits per heavy atom. The van der Waals surface area contributed by atoms with E-state index in [-0.39, 0.29) is 29.6 Å². The Bertz CT molecular complexity index is 489. The van der Waals surface area contributed by atoms with E-state index in [9.17, 15) is 14.0 Å². The summed E-state index contributed by atoms with van der Waals surface area (Å²) >= 11 is 0. The molecule has 1 amide bonds. The first-order valence-corrected chi connectivity index (χ1v) is 5.90. The molecule has 0 aliphatic carbocycles. The van der Waals surface area contributed by atoms with Gasteiger partial charge in [-0.2, -0.15) is 0 Å². The summed E-state index contributed by atoms with van der Waals surface area (Å²) in [7, 11) is 0. The van der Waals surface area contributed by atoms with E-state index < -0.39 is 17.7 Å². The molecule has 0 saturated heterocycles. The van der Waals surface area contributed by atoms with Crippen molar-refractivity contribution in [1.29, 1.82) is 0 Å². The van der Waals surface area contributed by atoms with Gasteiger partial charge in [0, 0.05) is 6.54 Å². The molecule has 0 radical (unpaired) electrons. The van der Waals surface area contributed by atoms with Crippen molar-refractivity contribution in [2.24, 2.45) is 17.6 Å². The fourth-order valence-electron chi connectivity index (χ4n) is 1.66. The van der Waals surface area contributed by atoms with Crippen LogP contribution in [0, 0.1) is 17.7 Å². The zero-order valence-electron chi connectivity index (χ0n) is 10.8. The molecule has 0 aliphatic rings. The van der Waals surface area contributed by atoms with Crippen LogP contribution >= 0.6 is 0 Å². The number of benzene rings is 1. The molecule has 0 bridgehead atoms. The largest absolute Gasteiger partial charge is 0.478 e. The number of hydrogen-bond donors (Lipinski definition) is 3. The molecular weight excluding hydrogens is 251 g/mol. The lowest BCUT2D eigenvalue weighted by atomic mass is 9.95. The molecule has 0 saturated carbocycles. The van der Waals surface area contributed by atoms with Gasteiger partial charge in [0.05, 0.1) is 17.2 Å². The maximum absolute atomic E-state index is 13.6. The van der Waals surface area contributed by atoms with Gasteiger partial charge >= 0.3 is 5.97 Å². The second kappa shape index (κ2) is 6.29. The van der Waals surface area contributed by atoms with Crippen LogP contribution in [-0.2, 0) is 4.79 Å². The summed E-state index contributed by atoms with van der Waals surface area (Å²) in [5, 5.41) is 11.1. The fraction of sp³-hybridized carbons (Fsp3) is 0.385. The number of carbonyl (C=O) groups is 2. The number of carboxylic acid groups (broad SMARTS) is 1. The quantitative estimate of drug-likeness (QED) is 0.757. The molecule has 1 aromatic rings. The summed E-state index contributed by atoms with van der Waals surface area (Å²) < 4.78 is 13.6. The molecular formula is C13H17FN2O3. The van der Waals surface area contributed by atoms with Crippen LogP contribution in [0.25, 0.3) is 0 Å². The highest BCUT2D eigenvalue weighted by atomic mass is 19.1. The highest BCUT2D eigenvalue weighted by Crippen LogP contribution is 2.18. The summed E-state index contributed by atoms with van der Waals surface area (Å²) in [6.45, 7) is 3.86. The number of aromatic carboxylic acids is 1. The van der Waals surface area contributed by atoms with E-state index in [1.165, 1.54) is 12.1 Å². The number of halogens is 1. The summed E-state index contributed by atoms with van der Waals surface area (Å²) in [4.78, 5) is 22.5. The SMILES string of the molecule is CC(C)C(CN)C(=O)Nc1ccc(C(=O)O)cc1F.